The number of rotatable bonds is 25. The Hall–Kier alpha value is -3.64. The minimum absolute atomic E-state index is 0.394. The van der Waals surface area contributed by atoms with Crippen molar-refractivity contribution in [3.05, 3.63) is 77.4 Å². The van der Waals surface area contributed by atoms with Crippen molar-refractivity contribution < 1.29 is 28.5 Å². The molecule has 0 N–H and O–H groups in total. The number of ether oxygens (including phenoxy) is 4. The van der Waals surface area contributed by atoms with Crippen LogP contribution in [0.4, 0.5) is 0 Å². The van der Waals surface area contributed by atoms with Gasteiger partial charge in [-0.15, -0.1) is 0 Å². The van der Waals surface area contributed by atoms with E-state index in [9.17, 15) is 9.59 Å². The van der Waals surface area contributed by atoms with Crippen LogP contribution in [0.2, 0.25) is 0 Å². The van der Waals surface area contributed by atoms with E-state index in [1.54, 1.807) is 31.2 Å². The molecule has 0 saturated carbocycles. The first-order chi connectivity index (χ1) is 24.3. The Kier molecular flexibility index (Phi) is 19.3. The van der Waals surface area contributed by atoms with E-state index in [-0.39, 0.29) is 0 Å². The van der Waals surface area contributed by atoms with Gasteiger partial charge in [0.05, 0.1) is 12.2 Å². The quantitative estimate of drug-likeness (QED) is 0.0502. The topological polar surface area (TPSA) is 71.1 Å². The van der Waals surface area contributed by atoms with Crippen LogP contribution in [0.5, 0.6) is 17.2 Å². The second kappa shape index (κ2) is 23.7. The van der Waals surface area contributed by atoms with Crippen LogP contribution in [-0.4, -0.2) is 31.3 Å². The number of unbranched alkanes of at least 4 members (excludes halogenated alkanes) is 14. The molecule has 0 aromatic heterocycles. The van der Waals surface area contributed by atoms with Crippen LogP contribution in [0.25, 0.3) is 11.1 Å². The van der Waals surface area contributed by atoms with Gasteiger partial charge in [0.15, 0.2) is 6.10 Å². The van der Waals surface area contributed by atoms with Crippen LogP contribution in [0.3, 0.4) is 0 Å². The average Bonchev–Trinajstić information content (AvgIpc) is 3.11. The Balaban J connectivity index is 1.40. The third-order valence-corrected chi connectivity index (χ3v) is 9.11. The standard InChI is InChI=1S/C44H62O6/c1-6-8-10-12-14-16-18-20-30-47-36(5)43(45)49-40-26-22-37(23-27-40)38-24-28-41(29-25-38)50-44(46)39-32-34(3)42(35(4)33-39)48-31-21-19-17-15-13-11-9-7-2/h22-29,32-33,36H,6-21,30-31H2,1-5H3. The minimum atomic E-state index is -0.613. The van der Waals surface area contributed by atoms with E-state index in [2.05, 4.69) is 13.8 Å². The largest absolute Gasteiger partial charge is 0.493 e. The first-order valence-corrected chi connectivity index (χ1v) is 19.3. The molecule has 3 aromatic rings. The van der Waals surface area contributed by atoms with Crippen LogP contribution in [0.1, 0.15) is 145 Å². The fourth-order valence-corrected chi connectivity index (χ4v) is 6.07. The highest BCUT2D eigenvalue weighted by atomic mass is 16.6. The summed E-state index contributed by atoms with van der Waals surface area (Å²) in [6.45, 7) is 11.4. The third-order valence-electron chi connectivity index (χ3n) is 9.11. The molecule has 0 saturated heterocycles. The summed E-state index contributed by atoms with van der Waals surface area (Å²) in [6.07, 6.45) is 19.3. The Morgan fingerprint density at radius 1 is 0.560 bits per heavy atom. The molecule has 50 heavy (non-hydrogen) atoms. The van der Waals surface area contributed by atoms with Gasteiger partial charge < -0.3 is 18.9 Å². The van der Waals surface area contributed by atoms with Crippen LogP contribution in [0, 0.1) is 13.8 Å². The molecule has 0 amide bonds. The van der Waals surface area contributed by atoms with Gasteiger partial charge in [0.1, 0.15) is 17.2 Å². The summed E-state index contributed by atoms with van der Waals surface area (Å²) in [6, 6.07) is 18.4. The molecule has 3 rings (SSSR count). The van der Waals surface area contributed by atoms with Crippen molar-refractivity contribution >= 4 is 11.9 Å². The van der Waals surface area contributed by atoms with Crippen molar-refractivity contribution in [2.75, 3.05) is 13.2 Å². The zero-order chi connectivity index (χ0) is 36.0. The molecule has 274 valence electrons. The van der Waals surface area contributed by atoms with Gasteiger partial charge in [-0.1, -0.05) is 128 Å². The highest BCUT2D eigenvalue weighted by Gasteiger charge is 2.17. The lowest BCUT2D eigenvalue weighted by Gasteiger charge is -2.14. The van der Waals surface area contributed by atoms with E-state index >= 15 is 0 Å². The Morgan fingerprint density at radius 3 is 1.46 bits per heavy atom. The van der Waals surface area contributed by atoms with Gasteiger partial charge in [0.25, 0.3) is 0 Å². The van der Waals surface area contributed by atoms with E-state index in [1.807, 2.05) is 50.2 Å². The van der Waals surface area contributed by atoms with Crippen LogP contribution in [0.15, 0.2) is 60.7 Å². The lowest BCUT2D eigenvalue weighted by molar-refractivity contribution is -0.146. The molecule has 0 aliphatic heterocycles. The summed E-state index contributed by atoms with van der Waals surface area (Å²) in [5.74, 6) is 1.000. The summed E-state index contributed by atoms with van der Waals surface area (Å²) >= 11 is 0. The second-order valence-corrected chi connectivity index (χ2v) is 13.6. The lowest BCUT2D eigenvalue weighted by atomic mass is 10.1. The zero-order valence-electron chi connectivity index (χ0n) is 31.5. The fraction of sp³-hybridized carbons (Fsp3) is 0.545. The number of carbonyl (C=O) groups excluding carboxylic acids is 2. The smallest absolute Gasteiger partial charge is 0.343 e. The molecule has 0 heterocycles. The number of aryl methyl sites for hydroxylation is 2. The van der Waals surface area contributed by atoms with Crippen LogP contribution in [-0.2, 0) is 9.53 Å². The van der Waals surface area contributed by atoms with Gasteiger partial charge in [0.2, 0.25) is 0 Å². The maximum atomic E-state index is 13.0. The second-order valence-electron chi connectivity index (χ2n) is 13.6. The van der Waals surface area contributed by atoms with Crippen molar-refractivity contribution in [3.63, 3.8) is 0 Å². The van der Waals surface area contributed by atoms with Crippen molar-refractivity contribution in [1.82, 2.24) is 0 Å². The number of hydrogen-bond donors (Lipinski definition) is 0. The highest BCUT2D eigenvalue weighted by molar-refractivity contribution is 5.92. The number of esters is 2. The maximum Gasteiger partial charge on any atom is 0.343 e. The predicted molar refractivity (Wildman–Crippen MR) is 205 cm³/mol. The summed E-state index contributed by atoms with van der Waals surface area (Å²) < 4.78 is 23.1. The van der Waals surface area contributed by atoms with Gasteiger partial charge in [-0.2, -0.15) is 0 Å². The molecule has 1 unspecified atom stereocenters. The lowest BCUT2D eigenvalue weighted by Crippen LogP contribution is -2.26. The van der Waals surface area contributed by atoms with Gasteiger partial charge >= 0.3 is 11.9 Å². The van der Waals surface area contributed by atoms with E-state index in [4.69, 9.17) is 18.9 Å². The van der Waals surface area contributed by atoms with Crippen molar-refractivity contribution in [3.8, 4) is 28.4 Å². The van der Waals surface area contributed by atoms with E-state index < -0.39 is 18.0 Å². The summed E-state index contributed by atoms with van der Waals surface area (Å²) in [4.78, 5) is 25.5. The summed E-state index contributed by atoms with van der Waals surface area (Å²) in [5.41, 5.74) is 4.27. The maximum absolute atomic E-state index is 13.0. The average molecular weight is 687 g/mol. The molecule has 0 aliphatic rings. The number of hydrogen-bond acceptors (Lipinski definition) is 6. The number of benzene rings is 3. The summed E-state index contributed by atoms with van der Waals surface area (Å²) in [5, 5.41) is 0. The Labute approximate surface area is 302 Å². The van der Waals surface area contributed by atoms with Crippen LogP contribution < -0.4 is 14.2 Å². The van der Waals surface area contributed by atoms with Gasteiger partial charge in [-0.25, -0.2) is 9.59 Å². The highest BCUT2D eigenvalue weighted by Crippen LogP contribution is 2.28. The molecule has 0 spiro atoms. The van der Waals surface area contributed by atoms with Gasteiger partial charge in [0, 0.05) is 6.61 Å². The molecule has 0 fully saturated rings. The Bertz CT molecular complexity index is 1370. The van der Waals surface area contributed by atoms with Crippen molar-refractivity contribution in [1.29, 1.82) is 0 Å². The van der Waals surface area contributed by atoms with E-state index in [1.165, 1.54) is 83.5 Å². The monoisotopic (exact) mass is 686 g/mol. The molecule has 0 bridgehead atoms. The molecular formula is C44H62O6. The molecule has 1 atom stereocenters. The van der Waals surface area contributed by atoms with Crippen LogP contribution >= 0.6 is 0 Å². The normalized spacial score (nSPS) is 11.7. The predicted octanol–water partition coefficient (Wildman–Crippen LogP) is 12.2. The molecule has 6 nitrogen and oxygen atoms in total. The molecule has 0 radical (unpaired) electrons. The molecule has 0 aliphatic carbocycles. The summed E-state index contributed by atoms with van der Waals surface area (Å²) in [7, 11) is 0. The number of carbonyl (C=O) groups is 2. The fourth-order valence-electron chi connectivity index (χ4n) is 6.07. The first-order valence-electron chi connectivity index (χ1n) is 19.3. The SMILES string of the molecule is CCCCCCCCCCOc1c(C)cc(C(=O)Oc2ccc(-c3ccc(OC(=O)C(C)OCCCCCCCCCC)cc3)cc2)cc1C. The van der Waals surface area contributed by atoms with Gasteiger partial charge in [-0.3, -0.25) is 0 Å². The van der Waals surface area contributed by atoms with Crippen molar-refractivity contribution in [2.24, 2.45) is 0 Å². The third kappa shape index (κ3) is 15.1. The Morgan fingerprint density at radius 2 is 0.980 bits per heavy atom. The molecule has 6 heteroatoms. The van der Waals surface area contributed by atoms with E-state index in [0.717, 1.165) is 47.3 Å². The van der Waals surface area contributed by atoms with Gasteiger partial charge in [-0.05, 0) is 92.3 Å². The molecule has 3 aromatic carbocycles. The molecular weight excluding hydrogens is 624 g/mol. The van der Waals surface area contributed by atoms with E-state index in [0.29, 0.717) is 30.3 Å². The minimum Gasteiger partial charge on any atom is -0.493 e. The zero-order valence-corrected chi connectivity index (χ0v) is 31.5. The first kappa shape index (κ1) is 40.8. The van der Waals surface area contributed by atoms with Crippen molar-refractivity contribution in [2.45, 2.75) is 143 Å².